The van der Waals surface area contributed by atoms with Crippen LogP contribution >= 0.6 is 11.3 Å². The van der Waals surface area contributed by atoms with Gasteiger partial charge in [-0.1, -0.05) is 11.3 Å². The molecule has 0 unspecified atom stereocenters. The second-order valence-corrected chi connectivity index (χ2v) is 5.91. The third kappa shape index (κ3) is 3.16. The molecule has 0 N–H and O–H groups in total. The largest absolute Gasteiger partial charge is 0.469 e. The monoisotopic (exact) mass is 293 g/mol. The molecular weight excluding hydrogens is 274 g/mol. The van der Waals surface area contributed by atoms with E-state index < -0.39 is 0 Å². The second-order valence-electron chi connectivity index (χ2n) is 4.89. The van der Waals surface area contributed by atoms with Crippen molar-refractivity contribution >= 4 is 11.3 Å². The van der Waals surface area contributed by atoms with Crippen molar-refractivity contribution < 1.29 is 4.74 Å². The molecule has 1 aliphatic rings. The van der Waals surface area contributed by atoms with Gasteiger partial charge in [0.1, 0.15) is 5.01 Å². The molecule has 0 bridgehead atoms. The lowest BCUT2D eigenvalue weighted by molar-refractivity contribution is 0.218. The maximum Gasteiger partial charge on any atom is 0.294 e. The number of hydrogen-bond donors (Lipinski definition) is 0. The van der Waals surface area contributed by atoms with E-state index in [1.165, 1.54) is 12.8 Å². The third-order valence-electron chi connectivity index (χ3n) is 3.51. The molecule has 0 spiro atoms. The first-order valence-electron chi connectivity index (χ1n) is 7.02. The summed E-state index contributed by atoms with van der Waals surface area (Å²) in [5.74, 6) is 0. The molecule has 108 valence electrons. The molecule has 0 radical (unpaired) electrons. The SMILES string of the molecule is CCOc1nnc(CN2CCC[C@H]2Cn2cccn2)s1. The number of nitrogens with zero attached hydrogens (tertiary/aromatic N) is 5. The minimum Gasteiger partial charge on any atom is -0.469 e. The predicted octanol–water partition coefficient (Wildman–Crippen LogP) is 1.80. The second kappa shape index (κ2) is 6.32. The fourth-order valence-electron chi connectivity index (χ4n) is 2.59. The van der Waals surface area contributed by atoms with E-state index in [-0.39, 0.29) is 0 Å². The Bertz CT molecular complexity index is 527. The normalized spacial score (nSPS) is 19.6. The van der Waals surface area contributed by atoms with Crippen LogP contribution in [0.4, 0.5) is 0 Å². The Morgan fingerprint density at radius 1 is 1.45 bits per heavy atom. The fraction of sp³-hybridized carbons (Fsp3) is 0.615. The smallest absolute Gasteiger partial charge is 0.294 e. The Balaban J connectivity index is 1.60. The zero-order valence-corrected chi connectivity index (χ0v) is 12.4. The summed E-state index contributed by atoms with van der Waals surface area (Å²) >= 11 is 1.55. The van der Waals surface area contributed by atoms with Crippen molar-refractivity contribution in [2.24, 2.45) is 0 Å². The number of aromatic nitrogens is 4. The van der Waals surface area contributed by atoms with Crippen LogP contribution in [0.25, 0.3) is 0 Å². The standard InChI is InChI=1S/C13H19N5OS/c1-2-19-13-16-15-12(20-13)10-17-7-3-5-11(17)9-18-8-4-6-14-18/h4,6,8,11H,2-3,5,7,9-10H2,1H3/t11-/m0/s1. The lowest BCUT2D eigenvalue weighted by atomic mass is 10.2. The summed E-state index contributed by atoms with van der Waals surface area (Å²) in [6.45, 7) is 5.53. The van der Waals surface area contributed by atoms with Crippen LogP contribution in [-0.2, 0) is 13.1 Å². The lowest BCUT2D eigenvalue weighted by Crippen LogP contribution is -2.32. The summed E-state index contributed by atoms with van der Waals surface area (Å²) in [6, 6.07) is 2.51. The molecule has 2 aromatic rings. The Hall–Kier alpha value is -1.47. The van der Waals surface area contributed by atoms with E-state index >= 15 is 0 Å². The Kier molecular flexibility index (Phi) is 4.27. The number of rotatable bonds is 6. The van der Waals surface area contributed by atoms with Crippen LogP contribution in [0.5, 0.6) is 5.19 Å². The van der Waals surface area contributed by atoms with Gasteiger partial charge in [0.2, 0.25) is 0 Å². The predicted molar refractivity (Wildman–Crippen MR) is 76.7 cm³/mol. The van der Waals surface area contributed by atoms with Gasteiger partial charge in [-0.3, -0.25) is 9.58 Å². The highest BCUT2D eigenvalue weighted by molar-refractivity contribution is 7.13. The van der Waals surface area contributed by atoms with Crippen molar-refractivity contribution in [3.05, 3.63) is 23.5 Å². The van der Waals surface area contributed by atoms with Gasteiger partial charge in [0.15, 0.2) is 0 Å². The number of hydrogen-bond acceptors (Lipinski definition) is 6. The lowest BCUT2D eigenvalue weighted by Gasteiger charge is -2.23. The van der Waals surface area contributed by atoms with Crippen LogP contribution in [0.1, 0.15) is 24.8 Å². The topological polar surface area (TPSA) is 56.1 Å². The minimum absolute atomic E-state index is 0.536. The van der Waals surface area contributed by atoms with E-state index in [1.807, 2.05) is 30.1 Å². The van der Waals surface area contributed by atoms with Gasteiger partial charge >= 0.3 is 0 Å². The highest BCUT2D eigenvalue weighted by Crippen LogP contribution is 2.24. The van der Waals surface area contributed by atoms with Crippen LogP contribution in [0.15, 0.2) is 18.5 Å². The molecule has 3 rings (SSSR count). The van der Waals surface area contributed by atoms with Gasteiger partial charge in [0.05, 0.1) is 19.7 Å². The van der Waals surface area contributed by atoms with E-state index in [9.17, 15) is 0 Å². The van der Waals surface area contributed by atoms with Gasteiger partial charge in [0, 0.05) is 18.4 Å². The maximum atomic E-state index is 5.38. The minimum atomic E-state index is 0.536. The zero-order chi connectivity index (χ0) is 13.8. The number of ether oxygens (including phenoxy) is 1. The molecule has 1 aliphatic heterocycles. The molecular formula is C13H19N5OS. The number of likely N-dealkylation sites (tertiary alicyclic amines) is 1. The van der Waals surface area contributed by atoms with E-state index in [2.05, 4.69) is 20.2 Å². The molecule has 2 aromatic heterocycles. The van der Waals surface area contributed by atoms with Crippen LogP contribution in [0.2, 0.25) is 0 Å². The van der Waals surface area contributed by atoms with E-state index in [0.717, 1.165) is 24.6 Å². The van der Waals surface area contributed by atoms with Crippen LogP contribution in [0, 0.1) is 0 Å². The van der Waals surface area contributed by atoms with Crippen molar-refractivity contribution in [2.45, 2.75) is 38.9 Å². The molecule has 6 nitrogen and oxygen atoms in total. The van der Waals surface area contributed by atoms with Gasteiger partial charge in [-0.15, -0.1) is 10.2 Å². The highest BCUT2D eigenvalue weighted by Gasteiger charge is 2.26. The Morgan fingerprint density at radius 2 is 2.40 bits per heavy atom. The Labute approximate surface area is 122 Å². The van der Waals surface area contributed by atoms with Crippen molar-refractivity contribution in [2.75, 3.05) is 13.2 Å². The van der Waals surface area contributed by atoms with Crippen molar-refractivity contribution in [1.82, 2.24) is 24.9 Å². The maximum absolute atomic E-state index is 5.38. The average molecular weight is 293 g/mol. The third-order valence-corrected chi connectivity index (χ3v) is 4.33. The molecule has 1 fully saturated rings. The molecule has 0 aliphatic carbocycles. The highest BCUT2D eigenvalue weighted by atomic mass is 32.1. The van der Waals surface area contributed by atoms with Crippen molar-refractivity contribution in [3.63, 3.8) is 0 Å². The Morgan fingerprint density at radius 3 is 3.20 bits per heavy atom. The van der Waals surface area contributed by atoms with E-state index in [1.54, 1.807) is 11.3 Å². The molecule has 1 atom stereocenters. The summed E-state index contributed by atoms with van der Waals surface area (Å²) in [4.78, 5) is 2.47. The van der Waals surface area contributed by atoms with E-state index in [0.29, 0.717) is 17.8 Å². The summed E-state index contributed by atoms with van der Waals surface area (Å²) in [5.41, 5.74) is 0. The van der Waals surface area contributed by atoms with Crippen molar-refractivity contribution in [1.29, 1.82) is 0 Å². The molecule has 0 aromatic carbocycles. The van der Waals surface area contributed by atoms with Crippen LogP contribution in [0.3, 0.4) is 0 Å². The summed E-state index contributed by atoms with van der Waals surface area (Å²) in [7, 11) is 0. The van der Waals surface area contributed by atoms with Crippen LogP contribution < -0.4 is 4.74 Å². The van der Waals surface area contributed by atoms with Crippen LogP contribution in [-0.4, -0.2) is 44.1 Å². The summed E-state index contributed by atoms with van der Waals surface area (Å²) < 4.78 is 7.38. The average Bonchev–Trinajstić information content (AvgIpc) is 3.15. The molecule has 1 saturated heterocycles. The van der Waals surface area contributed by atoms with Gasteiger partial charge < -0.3 is 4.74 Å². The molecule has 7 heteroatoms. The first-order chi connectivity index (χ1) is 9.85. The van der Waals surface area contributed by atoms with Gasteiger partial charge in [-0.05, 0) is 32.4 Å². The molecule has 20 heavy (non-hydrogen) atoms. The first kappa shape index (κ1) is 13.5. The summed E-state index contributed by atoms with van der Waals surface area (Å²) in [6.07, 6.45) is 6.31. The van der Waals surface area contributed by atoms with Gasteiger partial charge in [-0.25, -0.2) is 0 Å². The molecule has 0 saturated carbocycles. The quantitative estimate of drug-likeness (QED) is 0.813. The van der Waals surface area contributed by atoms with Gasteiger partial charge in [0.25, 0.3) is 5.19 Å². The van der Waals surface area contributed by atoms with Crippen molar-refractivity contribution in [3.8, 4) is 5.19 Å². The van der Waals surface area contributed by atoms with Gasteiger partial charge in [-0.2, -0.15) is 5.10 Å². The zero-order valence-electron chi connectivity index (χ0n) is 11.6. The molecule has 3 heterocycles. The first-order valence-corrected chi connectivity index (χ1v) is 7.83. The summed E-state index contributed by atoms with van der Waals surface area (Å²) in [5, 5.41) is 14.3. The fourth-order valence-corrected chi connectivity index (χ4v) is 3.36. The van der Waals surface area contributed by atoms with E-state index in [4.69, 9.17) is 4.74 Å². The molecule has 0 amide bonds.